The van der Waals surface area contributed by atoms with Gasteiger partial charge in [0.25, 0.3) is 5.71 Å². The largest absolute Gasteiger partial charge is 0.481 e. The molecule has 0 amide bonds. The van der Waals surface area contributed by atoms with E-state index in [-0.39, 0.29) is 5.92 Å². The summed E-state index contributed by atoms with van der Waals surface area (Å²) in [5, 5.41) is 13.6. The zero-order valence-electron chi connectivity index (χ0n) is 9.83. The molecule has 0 aliphatic carbocycles. The maximum absolute atomic E-state index is 11.0. The molecule has 1 saturated heterocycles. The maximum atomic E-state index is 11.0. The highest BCUT2D eigenvalue weighted by molar-refractivity contribution is 5.88. The normalized spacial score (nSPS) is 19.6. The number of anilines is 1. The second-order valence-corrected chi connectivity index (χ2v) is 4.42. The lowest BCUT2D eigenvalue weighted by Crippen LogP contribution is -2.23. The quantitative estimate of drug-likeness (QED) is 0.841. The van der Waals surface area contributed by atoms with Crippen LogP contribution in [0.2, 0.25) is 0 Å². The summed E-state index contributed by atoms with van der Waals surface area (Å²) in [6, 6.07) is 0. The summed E-state index contributed by atoms with van der Waals surface area (Å²) in [7, 11) is 0. The highest BCUT2D eigenvalue weighted by Crippen LogP contribution is 2.29. The second-order valence-electron chi connectivity index (χ2n) is 4.42. The summed E-state index contributed by atoms with van der Waals surface area (Å²) in [5.41, 5.74) is 1.16. The number of carboxylic acids is 1. The Morgan fingerprint density at radius 2 is 2.39 bits per heavy atom. The van der Waals surface area contributed by atoms with Crippen molar-refractivity contribution in [2.24, 2.45) is 5.92 Å². The van der Waals surface area contributed by atoms with E-state index < -0.39 is 5.97 Å². The zero-order chi connectivity index (χ0) is 12.7. The molecule has 18 heavy (non-hydrogen) atoms. The third-order valence-corrected chi connectivity index (χ3v) is 3.26. The Morgan fingerprint density at radius 3 is 3.11 bits per heavy atom. The summed E-state index contributed by atoms with van der Waals surface area (Å²) in [6.45, 7) is 2.96. The first kappa shape index (κ1) is 10.9. The average molecular weight is 248 g/mol. The van der Waals surface area contributed by atoms with E-state index in [4.69, 9.17) is 9.63 Å². The van der Waals surface area contributed by atoms with E-state index in [9.17, 15) is 4.79 Å². The standard InChI is InChI=1S/C11H12N4O3/c1-6-8-9(12-5-13-10(8)18-14-6)15-3-2-7(4-15)11(16)17/h5,7H,2-4H2,1H3,(H,16,17). The fourth-order valence-electron chi connectivity index (χ4n) is 2.30. The minimum Gasteiger partial charge on any atom is -0.481 e. The molecule has 0 bridgehead atoms. The van der Waals surface area contributed by atoms with Crippen molar-refractivity contribution in [3.05, 3.63) is 12.0 Å². The lowest BCUT2D eigenvalue weighted by Gasteiger charge is -2.16. The number of hydrogen-bond acceptors (Lipinski definition) is 6. The van der Waals surface area contributed by atoms with Crippen LogP contribution < -0.4 is 4.90 Å². The van der Waals surface area contributed by atoms with Crippen LogP contribution in [0.5, 0.6) is 0 Å². The van der Waals surface area contributed by atoms with Gasteiger partial charge in [0.15, 0.2) is 0 Å². The number of carboxylic acid groups (broad SMARTS) is 1. The first-order valence-electron chi connectivity index (χ1n) is 5.71. The van der Waals surface area contributed by atoms with Gasteiger partial charge in [-0.15, -0.1) is 0 Å². The average Bonchev–Trinajstić information content (AvgIpc) is 2.96. The van der Waals surface area contributed by atoms with Crippen LogP contribution in [0, 0.1) is 12.8 Å². The molecule has 1 aliphatic rings. The molecule has 2 aromatic rings. The third-order valence-electron chi connectivity index (χ3n) is 3.26. The molecule has 1 N–H and O–H groups in total. The number of hydrogen-bond donors (Lipinski definition) is 1. The van der Waals surface area contributed by atoms with Crippen LogP contribution in [0.3, 0.4) is 0 Å². The van der Waals surface area contributed by atoms with Gasteiger partial charge in [0.05, 0.1) is 11.6 Å². The summed E-state index contributed by atoms with van der Waals surface area (Å²) < 4.78 is 5.08. The first-order valence-corrected chi connectivity index (χ1v) is 5.71. The van der Waals surface area contributed by atoms with Crippen molar-refractivity contribution in [1.29, 1.82) is 0 Å². The molecule has 94 valence electrons. The first-order chi connectivity index (χ1) is 8.66. The van der Waals surface area contributed by atoms with Gasteiger partial charge < -0.3 is 14.5 Å². The topological polar surface area (TPSA) is 92.4 Å². The molecule has 0 saturated carbocycles. The number of carbonyl (C=O) groups is 1. The molecule has 1 aliphatic heterocycles. The van der Waals surface area contributed by atoms with Gasteiger partial charge in [0.2, 0.25) is 0 Å². The SMILES string of the molecule is Cc1noc2ncnc(N3CCC(C(=O)O)C3)c12. The van der Waals surface area contributed by atoms with Crippen molar-refractivity contribution in [1.82, 2.24) is 15.1 Å². The Morgan fingerprint density at radius 1 is 1.56 bits per heavy atom. The molecular formula is C11H12N4O3. The molecule has 7 nitrogen and oxygen atoms in total. The Bertz CT molecular complexity index is 609. The predicted molar refractivity (Wildman–Crippen MR) is 62.3 cm³/mol. The molecule has 0 aromatic carbocycles. The summed E-state index contributed by atoms with van der Waals surface area (Å²) in [4.78, 5) is 21.2. The number of nitrogens with zero attached hydrogens (tertiary/aromatic N) is 4. The lowest BCUT2D eigenvalue weighted by molar-refractivity contribution is -0.140. The van der Waals surface area contributed by atoms with Gasteiger partial charge in [-0.05, 0) is 13.3 Å². The molecule has 3 heterocycles. The minimum atomic E-state index is -0.759. The van der Waals surface area contributed by atoms with Crippen molar-refractivity contribution < 1.29 is 14.4 Å². The van der Waals surface area contributed by atoms with Crippen molar-refractivity contribution >= 4 is 22.9 Å². The van der Waals surface area contributed by atoms with Gasteiger partial charge in [-0.1, -0.05) is 5.16 Å². The minimum absolute atomic E-state index is 0.338. The van der Waals surface area contributed by atoms with E-state index in [2.05, 4.69) is 15.1 Å². The zero-order valence-corrected chi connectivity index (χ0v) is 9.83. The van der Waals surface area contributed by atoms with Gasteiger partial charge >= 0.3 is 5.97 Å². The molecule has 0 spiro atoms. The van der Waals surface area contributed by atoms with Crippen molar-refractivity contribution in [2.45, 2.75) is 13.3 Å². The fourth-order valence-corrected chi connectivity index (χ4v) is 2.30. The van der Waals surface area contributed by atoms with Gasteiger partial charge in [0, 0.05) is 13.1 Å². The Balaban J connectivity index is 2.00. The van der Waals surface area contributed by atoms with E-state index in [1.165, 1.54) is 6.33 Å². The molecule has 1 atom stereocenters. The van der Waals surface area contributed by atoms with Crippen LogP contribution in [0.1, 0.15) is 12.1 Å². The van der Waals surface area contributed by atoms with E-state index in [0.29, 0.717) is 31.0 Å². The maximum Gasteiger partial charge on any atom is 0.308 e. The molecule has 7 heteroatoms. The van der Waals surface area contributed by atoms with Gasteiger partial charge in [-0.3, -0.25) is 4.79 Å². The highest BCUT2D eigenvalue weighted by atomic mass is 16.5. The molecular weight excluding hydrogens is 236 g/mol. The second kappa shape index (κ2) is 3.94. The van der Waals surface area contributed by atoms with Gasteiger partial charge in [0.1, 0.15) is 17.5 Å². The number of fused-ring (bicyclic) bond motifs is 1. The van der Waals surface area contributed by atoms with Crippen LogP contribution in [0.4, 0.5) is 5.82 Å². The number of aromatic nitrogens is 3. The monoisotopic (exact) mass is 248 g/mol. The Hall–Kier alpha value is -2.18. The highest BCUT2D eigenvalue weighted by Gasteiger charge is 2.30. The van der Waals surface area contributed by atoms with Crippen molar-refractivity contribution in [3.8, 4) is 0 Å². The summed E-state index contributed by atoms with van der Waals surface area (Å²) >= 11 is 0. The van der Waals surface area contributed by atoms with Crippen molar-refractivity contribution in [3.63, 3.8) is 0 Å². The Kier molecular flexibility index (Phi) is 2.39. The van der Waals surface area contributed by atoms with Gasteiger partial charge in [-0.2, -0.15) is 4.98 Å². The number of aryl methyl sites for hydroxylation is 1. The molecule has 3 rings (SSSR count). The molecule has 2 aromatic heterocycles. The van der Waals surface area contributed by atoms with Crippen LogP contribution in [-0.2, 0) is 4.79 Å². The van der Waals surface area contributed by atoms with E-state index in [1.807, 2.05) is 11.8 Å². The third kappa shape index (κ3) is 1.59. The molecule has 1 unspecified atom stereocenters. The van der Waals surface area contributed by atoms with Gasteiger partial charge in [-0.25, -0.2) is 4.98 Å². The van der Waals surface area contributed by atoms with Crippen LogP contribution in [0.15, 0.2) is 10.9 Å². The smallest absolute Gasteiger partial charge is 0.308 e. The van der Waals surface area contributed by atoms with E-state index in [1.54, 1.807) is 0 Å². The molecule has 1 fully saturated rings. The van der Waals surface area contributed by atoms with E-state index in [0.717, 1.165) is 11.1 Å². The predicted octanol–water partition coefficient (Wildman–Crippen LogP) is 0.837. The molecule has 0 radical (unpaired) electrons. The van der Waals surface area contributed by atoms with Crippen LogP contribution >= 0.6 is 0 Å². The van der Waals surface area contributed by atoms with Crippen LogP contribution in [0.25, 0.3) is 11.1 Å². The van der Waals surface area contributed by atoms with Crippen molar-refractivity contribution in [2.75, 3.05) is 18.0 Å². The Labute approximate surface area is 102 Å². The number of aliphatic carboxylic acids is 1. The van der Waals surface area contributed by atoms with E-state index >= 15 is 0 Å². The summed E-state index contributed by atoms with van der Waals surface area (Å²) in [6.07, 6.45) is 2.04. The number of rotatable bonds is 2. The lowest BCUT2D eigenvalue weighted by atomic mass is 10.1. The van der Waals surface area contributed by atoms with Crippen LogP contribution in [-0.4, -0.2) is 39.3 Å². The fraction of sp³-hybridized carbons (Fsp3) is 0.455. The summed E-state index contributed by atoms with van der Waals surface area (Å²) in [5.74, 6) is -0.387.